The number of halogens is 3. The second-order valence-electron chi connectivity index (χ2n) is 3.90. The molecule has 0 aliphatic rings. The molecule has 118 valence electrons. The Balaban J connectivity index is 3.00. The molecule has 0 saturated heterocycles. The Morgan fingerprint density at radius 3 is 2.24 bits per heavy atom. The van der Waals surface area contributed by atoms with Crippen molar-refractivity contribution in [2.75, 3.05) is 13.7 Å². The van der Waals surface area contributed by atoms with Crippen molar-refractivity contribution in [2.24, 2.45) is 0 Å². The van der Waals surface area contributed by atoms with Gasteiger partial charge in [0.05, 0.1) is 24.2 Å². The van der Waals surface area contributed by atoms with Crippen molar-refractivity contribution in [1.82, 2.24) is 4.72 Å². The fraction of sp³-hybridized carbons (Fsp3) is 0.364. The Hall–Kier alpha value is -1.65. The summed E-state index contributed by atoms with van der Waals surface area (Å²) < 4.78 is 67.0. The van der Waals surface area contributed by atoms with Gasteiger partial charge in [0.2, 0.25) is 10.0 Å². The van der Waals surface area contributed by atoms with Gasteiger partial charge in [0.25, 0.3) is 0 Å². The number of nitrogens with one attached hydrogen (secondary N) is 1. The number of esters is 1. The van der Waals surface area contributed by atoms with Crippen LogP contribution in [0.25, 0.3) is 0 Å². The summed E-state index contributed by atoms with van der Waals surface area (Å²) in [4.78, 5) is 10.7. The van der Waals surface area contributed by atoms with Crippen LogP contribution in [0.2, 0.25) is 0 Å². The van der Waals surface area contributed by atoms with E-state index in [2.05, 4.69) is 4.74 Å². The molecule has 0 aliphatic carbocycles. The monoisotopic (exact) mass is 327 g/mol. The van der Waals surface area contributed by atoms with Crippen molar-refractivity contribution >= 4 is 16.0 Å². The molecule has 6 nitrogen and oxygen atoms in total. The van der Waals surface area contributed by atoms with Gasteiger partial charge in [-0.3, -0.25) is 4.79 Å². The predicted octanol–water partition coefficient (Wildman–Crippen LogP) is 0.518. The summed E-state index contributed by atoms with van der Waals surface area (Å²) in [7, 11) is -3.27. The van der Waals surface area contributed by atoms with Gasteiger partial charge in [-0.1, -0.05) is 0 Å². The zero-order chi connectivity index (χ0) is 16.3. The summed E-state index contributed by atoms with van der Waals surface area (Å²) in [6.45, 7) is -0.855. The number of hydrogen-bond donors (Lipinski definition) is 2. The number of rotatable bonds is 5. The average molecular weight is 327 g/mol. The van der Waals surface area contributed by atoms with Gasteiger partial charge < -0.3 is 9.84 Å². The third-order valence-corrected chi connectivity index (χ3v) is 3.95. The first-order valence-electron chi connectivity index (χ1n) is 5.50. The highest BCUT2D eigenvalue weighted by Gasteiger charge is 2.31. The van der Waals surface area contributed by atoms with E-state index >= 15 is 0 Å². The lowest BCUT2D eigenvalue weighted by Crippen LogP contribution is -2.43. The van der Waals surface area contributed by atoms with Crippen LogP contribution in [0.3, 0.4) is 0 Å². The van der Waals surface area contributed by atoms with Crippen LogP contribution in [0.1, 0.15) is 5.56 Å². The van der Waals surface area contributed by atoms with Crippen molar-refractivity contribution in [2.45, 2.75) is 17.1 Å². The minimum Gasteiger partial charge on any atom is -0.468 e. The fourth-order valence-corrected chi connectivity index (χ4v) is 2.56. The molecule has 0 aromatic heterocycles. The number of hydrogen-bond acceptors (Lipinski definition) is 5. The number of aliphatic hydroxyl groups excluding tert-OH is 1. The maximum absolute atomic E-state index is 12.4. The molecule has 0 radical (unpaired) electrons. The molecule has 0 spiro atoms. The molecule has 1 rings (SSSR count). The number of methoxy groups -OCH3 is 1. The summed E-state index contributed by atoms with van der Waals surface area (Å²) in [5, 5.41) is 8.91. The van der Waals surface area contributed by atoms with Crippen molar-refractivity contribution < 1.29 is 36.2 Å². The second kappa shape index (κ2) is 6.41. The van der Waals surface area contributed by atoms with E-state index in [1.54, 1.807) is 0 Å². The van der Waals surface area contributed by atoms with Crippen LogP contribution >= 0.6 is 0 Å². The fourth-order valence-electron chi connectivity index (χ4n) is 1.38. The number of aliphatic hydroxyl groups is 1. The predicted molar refractivity (Wildman–Crippen MR) is 64.7 cm³/mol. The van der Waals surface area contributed by atoms with Crippen LogP contribution in [-0.2, 0) is 25.7 Å². The van der Waals surface area contributed by atoms with Crippen molar-refractivity contribution in [3.8, 4) is 0 Å². The molecule has 0 saturated carbocycles. The quantitative estimate of drug-likeness (QED) is 0.769. The molecule has 1 aromatic rings. The minimum atomic E-state index is -4.59. The van der Waals surface area contributed by atoms with Gasteiger partial charge in [0, 0.05) is 0 Å². The minimum absolute atomic E-state index is 0.474. The van der Waals surface area contributed by atoms with Gasteiger partial charge in [-0.05, 0) is 24.3 Å². The molecular formula is C11H12F3NO5S. The number of ether oxygens (including phenoxy) is 1. The van der Waals surface area contributed by atoms with Gasteiger partial charge in [-0.25, -0.2) is 8.42 Å². The number of sulfonamides is 1. The molecule has 0 fully saturated rings. The summed E-state index contributed by atoms with van der Waals surface area (Å²) >= 11 is 0. The largest absolute Gasteiger partial charge is 0.468 e. The third-order valence-electron chi connectivity index (χ3n) is 2.46. The van der Waals surface area contributed by atoms with Crippen molar-refractivity contribution in [1.29, 1.82) is 0 Å². The molecule has 1 aromatic carbocycles. The van der Waals surface area contributed by atoms with Crippen molar-refractivity contribution in [3.63, 3.8) is 0 Å². The first-order chi connectivity index (χ1) is 9.61. The third kappa shape index (κ3) is 4.41. The number of carbonyl (C=O) groups excluding carboxylic acids is 1. The lowest BCUT2D eigenvalue weighted by molar-refractivity contribution is -0.143. The van der Waals surface area contributed by atoms with Crippen LogP contribution in [-0.4, -0.2) is 39.3 Å². The molecule has 1 atom stereocenters. The highest BCUT2D eigenvalue weighted by molar-refractivity contribution is 7.89. The zero-order valence-corrected chi connectivity index (χ0v) is 11.5. The van der Waals surface area contributed by atoms with E-state index in [0.29, 0.717) is 12.1 Å². The highest BCUT2D eigenvalue weighted by Crippen LogP contribution is 2.29. The van der Waals surface area contributed by atoms with E-state index in [0.717, 1.165) is 19.2 Å². The average Bonchev–Trinajstić information content (AvgIpc) is 2.43. The number of carbonyl (C=O) groups is 1. The van der Waals surface area contributed by atoms with Crippen LogP contribution in [0.4, 0.5) is 13.2 Å². The van der Waals surface area contributed by atoms with Crippen molar-refractivity contribution in [3.05, 3.63) is 29.8 Å². The van der Waals surface area contributed by atoms with Crippen LogP contribution in [0.5, 0.6) is 0 Å². The van der Waals surface area contributed by atoms with E-state index in [4.69, 9.17) is 5.11 Å². The Kier molecular flexibility index (Phi) is 5.31. The summed E-state index contributed by atoms with van der Waals surface area (Å²) in [5.74, 6) is -1.02. The standard InChI is InChI=1S/C11H12F3NO5S/c1-20-10(17)9(6-16)15-21(18,19)8-4-2-7(3-5-8)11(12,13)14/h2-5,9,15-16H,6H2,1H3. The Morgan fingerprint density at radius 2 is 1.86 bits per heavy atom. The van der Waals surface area contributed by atoms with Crippen LogP contribution in [0.15, 0.2) is 29.2 Å². The van der Waals surface area contributed by atoms with E-state index in [1.165, 1.54) is 0 Å². The SMILES string of the molecule is COC(=O)C(CO)NS(=O)(=O)c1ccc(C(F)(F)F)cc1. The lowest BCUT2D eigenvalue weighted by atomic mass is 10.2. The van der Waals surface area contributed by atoms with Gasteiger partial charge >= 0.3 is 12.1 Å². The van der Waals surface area contributed by atoms with E-state index in [1.807, 2.05) is 4.72 Å². The molecular weight excluding hydrogens is 315 g/mol. The number of benzene rings is 1. The molecule has 10 heteroatoms. The molecule has 21 heavy (non-hydrogen) atoms. The summed E-state index contributed by atoms with van der Waals surface area (Å²) in [6.07, 6.45) is -4.59. The number of alkyl halides is 3. The first-order valence-corrected chi connectivity index (χ1v) is 6.98. The molecule has 2 N–H and O–H groups in total. The maximum atomic E-state index is 12.4. The molecule has 0 amide bonds. The Bertz CT molecular complexity index is 597. The van der Waals surface area contributed by atoms with E-state index in [-0.39, 0.29) is 0 Å². The molecule has 0 heterocycles. The van der Waals surface area contributed by atoms with Crippen LogP contribution < -0.4 is 4.72 Å². The van der Waals surface area contributed by atoms with Gasteiger partial charge in [0.1, 0.15) is 6.04 Å². The molecule has 0 bridgehead atoms. The summed E-state index contributed by atoms with van der Waals surface area (Å²) in [6, 6.07) is 1.15. The second-order valence-corrected chi connectivity index (χ2v) is 5.62. The van der Waals surface area contributed by atoms with Crippen LogP contribution in [0, 0.1) is 0 Å². The maximum Gasteiger partial charge on any atom is 0.416 e. The van der Waals surface area contributed by atoms with E-state index in [9.17, 15) is 26.4 Å². The molecule has 0 aliphatic heterocycles. The van der Waals surface area contributed by atoms with Gasteiger partial charge in [0.15, 0.2) is 0 Å². The lowest BCUT2D eigenvalue weighted by Gasteiger charge is -2.14. The zero-order valence-electron chi connectivity index (χ0n) is 10.7. The highest BCUT2D eigenvalue weighted by atomic mass is 32.2. The van der Waals surface area contributed by atoms with E-state index < -0.39 is 45.3 Å². The smallest absolute Gasteiger partial charge is 0.416 e. The normalized spacial score (nSPS) is 13.8. The van der Waals surface area contributed by atoms with Gasteiger partial charge in [-0.15, -0.1) is 0 Å². The first kappa shape index (κ1) is 17.4. The topological polar surface area (TPSA) is 92.7 Å². The summed E-state index contributed by atoms with van der Waals surface area (Å²) in [5.41, 5.74) is -1.01. The Labute approximate surface area is 118 Å². The molecule has 1 unspecified atom stereocenters. The van der Waals surface area contributed by atoms with Gasteiger partial charge in [-0.2, -0.15) is 17.9 Å². The Morgan fingerprint density at radius 1 is 1.33 bits per heavy atom.